The maximum Gasteiger partial charge on any atom is 0.434 e. The molecule has 1 saturated heterocycles. The van der Waals surface area contributed by atoms with E-state index in [1.807, 2.05) is 0 Å². The summed E-state index contributed by atoms with van der Waals surface area (Å²) in [5.74, 6) is -2.07. The number of pyridine rings is 1. The number of carbonyl (C=O) groups excluding carboxylic acids is 3. The normalized spacial score (nSPS) is 22.7. The molecule has 0 spiro atoms. The number of esters is 3. The van der Waals surface area contributed by atoms with Crippen molar-refractivity contribution < 1.29 is 46.5 Å². The van der Waals surface area contributed by atoms with Crippen LogP contribution >= 0.6 is 39.0 Å². The standard InChI is InChI=1S/C23H21BrF3N5O7S2/c1-10(33)36-7-17-19(37-11(2)34)18(32-6-15(30-31-32)16-8-40-9-29-16)20(38-12(3)35)22(39-17)41-13-4-14(24)21(28-5-13)23(25,26)27/h4-6,8-9,17-20,22H,7H2,1-3H3/t17-,18+,19+,20-,22-/m1/s1. The molecule has 0 bridgehead atoms. The van der Waals surface area contributed by atoms with Crippen LogP contribution in [-0.2, 0) is 39.5 Å². The molecule has 41 heavy (non-hydrogen) atoms. The molecule has 0 aromatic carbocycles. The van der Waals surface area contributed by atoms with Crippen LogP contribution in [0.25, 0.3) is 11.4 Å². The summed E-state index contributed by atoms with van der Waals surface area (Å²) >= 11 is 5.13. The second-order valence-corrected chi connectivity index (χ2v) is 11.3. The fourth-order valence-corrected chi connectivity index (χ4v) is 6.37. The third kappa shape index (κ3) is 7.60. The maximum atomic E-state index is 13.3. The number of ether oxygens (including phenoxy) is 4. The molecular weight excluding hydrogens is 659 g/mol. The minimum atomic E-state index is -4.69. The van der Waals surface area contributed by atoms with Crippen LogP contribution in [-0.4, -0.2) is 73.2 Å². The van der Waals surface area contributed by atoms with Gasteiger partial charge in [0.25, 0.3) is 0 Å². The molecule has 0 aliphatic carbocycles. The van der Waals surface area contributed by atoms with Crippen molar-refractivity contribution in [3.8, 4) is 11.4 Å². The van der Waals surface area contributed by atoms with Crippen LogP contribution in [0, 0.1) is 0 Å². The molecule has 1 aliphatic rings. The average Bonchev–Trinajstić information content (AvgIpc) is 3.55. The lowest BCUT2D eigenvalue weighted by molar-refractivity contribution is -0.212. The zero-order valence-electron chi connectivity index (χ0n) is 21.4. The molecule has 0 N–H and O–H groups in total. The van der Waals surface area contributed by atoms with Gasteiger partial charge < -0.3 is 18.9 Å². The monoisotopic (exact) mass is 679 g/mol. The van der Waals surface area contributed by atoms with Gasteiger partial charge in [-0.15, -0.1) is 16.4 Å². The fraction of sp³-hybridized carbons (Fsp3) is 0.435. The number of alkyl halides is 3. The summed E-state index contributed by atoms with van der Waals surface area (Å²) in [6.07, 6.45) is -5.70. The molecule has 12 nitrogen and oxygen atoms in total. The molecule has 3 aromatic heterocycles. The van der Waals surface area contributed by atoms with Crippen molar-refractivity contribution in [1.82, 2.24) is 25.0 Å². The van der Waals surface area contributed by atoms with Gasteiger partial charge in [-0.2, -0.15) is 13.2 Å². The summed E-state index contributed by atoms with van der Waals surface area (Å²) in [7, 11) is 0. The van der Waals surface area contributed by atoms with Crippen LogP contribution in [0.15, 0.2) is 38.7 Å². The molecule has 0 amide bonds. The molecule has 0 saturated carbocycles. The van der Waals surface area contributed by atoms with E-state index < -0.39 is 59.6 Å². The Labute approximate surface area is 247 Å². The highest BCUT2D eigenvalue weighted by Gasteiger charge is 2.52. The van der Waals surface area contributed by atoms with E-state index in [2.05, 4.69) is 36.2 Å². The van der Waals surface area contributed by atoms with Gasteiger partial charge in [0, 0.05) is 41.7 Å². The highest BCUT2D eigenvalue weighted by molar-refractivity contribution is 9.10. The third-order valence-corrected chi connectivity index (χ3v) is 7.82. The Morgan fingerprint density at radius 3 is 2.39 bits per heavy atom. The van der Waals surface area contributed by atoms with Gasteiger partial charge in [0.05, 0.1) is 11.7 Å². The van der Waals surface area contributed by atoms with E-state index >= 15 is 0 Å². The summed E-state index contributed by atoms with van der Waals surface area (Å²) in [6.45, 7) is 3.13. The Morgan fingerprint density at radius 2 is 1.80 bits per heavy atom. The van der Waals surface area contributed by atoms with Gasteiger partial charge >= 0.3 is 24.1 Å². The van der Waals surface area contributed by atoms with Crippen molar-refractivity contribution in [2.45, 2.75) is 61.6 Å². The van der Waals surface area contributed by atoms with Crippen molar-refractivity contribution in [1.29, 1.82) is 0 Å². The van der Waals surface area contributed by atoms with E-state index in [4.69, 9.17) is 18.9 Å². The number of thiazole rings is 1. The Bertz CT molecular complexity index is 1410. The van der Waals surface area contributed by atoms with E-state index in [0.717, 1.165) is 31.8 Å². The van der Waals surface area contributed by atoms with Gasteiger partial charge in [0.2, 0.25) is 0 Å². The quantitative estimate of drug-likeness (QED) is 0.250. The van der Waals surface area contributed by atoms with Crippen molar-refractivity contribution >= 4 is 56.9 Å². The summed E-state index contributed by atoms with van der Waals surface area (Å²) in [6, 6.07) is 0.124. The lowest BCUT2D eigenvalue weighted by atomic mass is 9.96. The molecule has 0 radical (unpaired) electrons. The summed E-state index contributed by atoms with van der Waals surface area (Å²) in [5.41, 5.74) is 0.251. The molecule has 0 unspecified atom stereocenters. The number of hydrogen-bond acceptors (Lipinski definition) is 13. The Balaban J connectivity index is 1.78. The number of aromatic nitrogens is 5. The van der Waals surface area contributed by atoms with Crippen LogP contribution in [0.1, 0.15) is 32.5 Å². The van der Waals surface area contributed by atoms with Crippen molar-refractivity contribution in [3.05, 3.63) is 39.5 Å². The Morgan fingerprint density at radius 1 is 1.10 bits per heavy atom. The van der Waals surface area contributed by atoms with Crippen LogP contribution < -0.4 is 0 Å². The largest absolute Gasteiger partial charge is 0.463 e. The molecule has 1 fully saturated rings. The van der Waals surface area contributed by atoms with Crippen molar-refractivity contribution in [2.75, 3.05) is 6.61 Å². The SMILES string of the molecule is CC(=O)OC[C@H]1O[C@H](Sc2cnc(C(F)(F)F)c(Br)c2)[C@H](OC(C)=O)[C@@H](n2cc(-c3cscn3)nn2)[C@H]1OC(C)=O. The van der Waals surface area contributed by atoms with E-state index in [0.29, 0.717) is 11.4 Å². The summed E-state index contributed by atoms with van der Waals surface area (Å²) < 4.78 is 63.3. The van der Waals surface area contributed by atoms with E-state index in [9.17, 15) is 27.6 Å². The van der Waals surface area contributed by atoms with Gasteiger partial charge in [-0.25, -0.2) is 14.6 Å². The van der Waals surface area contributed by atoms with Crippen LogP contribution in [0.3, 0.4) is 0 Å². The van der Waals surface area contributed by atoms with Crippen LogP contribution in [0.4, 0.5) is 13.2 Å². The Hall–Kier alpha value is -3.09. The smallest absolute Gasteiger partial charge is 0.434 e. The van der Waals surface area contributed by atoms with Crippen LogP contribution in [0.2, 0.25) is 0 Å². The van der Waals surface area contributed by atoms with Gasteiger partial charge in [-0.1, -0.05) is 17.0 Å². The molecule has 220 valence electrons. The van der Waals surface area contributed by atoms with Gasteiger partial charge in [-0.05, 0) is 22.0 Å². The fourth-order valence-electron chi connectivity index (χ4n) is 3.99. The molecule has 1 aliphatic heterocycles. The van der Waals surface area contributed by atoms with Crippen molar-refractivity contribution in [2.24, 2.45) is 0 Å². The number of rotatable bonds is 8. The highest BCUT2D eigenvalue weighted by atomic mass is 79.9. The van der Waals surface area contributed by atoms with Gasteiger partial charge in [-0.3, -0.25) is 14.4 Å². The maximum absolute atomic E-state index is 13.3. The van der Waals surface area contributed by atoms with Gasteiger partial charge in [0.1, 0.15) is 35.6 Å². The molecule has 18 heteroatoms. The Kier molecular flexibility index (Phi) is 9.66. The second kappa shape index (κ2) is 12.8. The second-order valence-electron chi connectivity index (χ2n) is 8.56. The summed E-state index contributed by atoms with van der Waals surface area (Å²) in [5, 5.41) is 10.0. The molecule has 5 atom stereocenters. The number of carbonyl (C=O) groups is 3. The first-order valence-corrected chi connectivity index (χ1v) is 14.3. The minimum Gasteiger partial charge on any atom is -0.463 e. The van der Waals surface area contributed by atoms with Crippen molar-refractivity contribution in [3.63, 3.8) is 0 Å². The van der Waals surface area contributed by atoms with Gasteiger partial charge in [0.15, 0.2) is 17.9 Å². The topological polar surface area (TPSA) is 145 Å². The molecule has 4 rings (SSSR count). The summed E-state index contributed by atoms with van der Waals surface area (Å²) in [4.78, 5) is 44.0. The minimum absolute atomic E-state index is 0.227. The average molecular weight is 680 g/mol. The first-order chi connectivity index (χ1) is 19.3. The first kappa shape index (κ1) is 30.9. The molecule has 4 heterocycles. The van der Waals surface area contributed by atoms with Crippen LogP contribution in [0.5, 0.6) is 0 Å². The molecule has 3 aromatic rings. The number of nitrogens with zero attached hydrogens (tertiary/aromatic N) is 5. The van der Waals surface area contributed by atoms with E-state index in [1.165, 1.54) is 35.2 Å². The lowest BCUT2D eigenvalue weighted by Gasteiger charge is -2.44. The highest BCUT2D eigenvalue weighted by Crippen LogP contribution is 2.43. The zero-order chi connectivity index (χ0) is 29.9. The number of halogens is 4. The third-order valence-electron chi connectivity index (χ3n) is 5.52. The molecular formula is C23H21BrF3N5O7S2. The lowest BCUT2D eigenvalue weighted by Crippen LogP contribution is -2.57. The first-order valence-electron chi connectivity index (χ1n) is 11.7. The van der Waals surface area contributed by atoms with E-state index in [-0.39, 0.29) is 16.0 Å². The number of hydrogen-bond donors (Lipinski definition) is 0. The van der Waals surface area contributed by atoms with E-state index in [1.54, 1.807) is 10.9 Å². The zero-order valence-corrected chi connectivity index (χ0v) is 24.6. The number of thioether (sulfide) groups is 1. The predicted octanol–water partition coefficient (Wildman–Crippen LogP) is 4.06. The predicted molar refractivity (Wildman–Crippen MR) is 139 cm³/mol.